The van der Waals surface area contributed by atoms with E-state index in [1.54, 1.807) is 0 Å². The predicted octanol–water partition coefficient (Wildman–Crippen LogP) is -1.61. The van der Waals surface area contributed by atoms with Crippen LogP contribution in [0.5, 0.6) is 0 Å². The van der Waals surface area contributed by atoms with Crippen molar-refractivity contribution in [2.45, 2.75) is 0 Å². The summed E-state index contributed by atoms with van der Waals surface area (Å²) in [7, 11) is -2.93. The highest BCUT2D eigenvalue weighted by atomic mass is 32.2. The van der Waals surface area contributed by atoms with Crippen molar-refractivity contribution in [3.63, 3.8) is 0 Å². The quantitative estimate of drug-likeness (QED) is 0.517. The first-order valence-electron chi connectivity index (χ1n) is 2.96. The van der Waals surface area contributed by atoms with Gasteiger partial charge in [0.15, 0.2) is 9.84 Å². The second-order valence-corrected chi connectivity index (χ2v) is 4.91. The summed E-state index contributed by atoms with van der Waals surface area (Å²) in [6.45, 7) is -0.495. The van der Waals surface area contributed by atoms with Crippen LogP contribution in [-0.4, -0.2) is 43.4 Å². The molecule has 10 heavy (non-hydrogen) atoms. The molecule has 1 heterocycles. The van der Waals surface area contributed by atoms with Crippen molar-refractivity contribution < 1.29 is 18.6 Å². The Balaban J connectivity index is 2.63. The van der Waals surface area contributed by atoms with Gasteiger partial charge in [-0.25, -0.2) is 8.42 Å². The Bertz CT molecular complexity index is 200. The highest BCUT2D eigenvalue weighted by Gasteiger charge is 2.47. The predicted molar refractivity (Wildman–Crippen MR) is 35.3 cm³/mol. The van der Waals surface area contributed by atoms with Crippen molar-refractivity contribution in [3.05, 3.63) is 0 Å². The largest absolute Gasteiger partial charge is 0.396 e. The van der Waals surface area contributed by atoms with Gasteiger partial charge in [0.25, 0.3) is 0 Å². The van der Waals surface area contributed by atoms with Crippen LogP contribution in [0.25, 0.3) is 0 Å². The van der Waals surface area contributed by atoms with Crippen LogP contribution in [-0.2, 0) is 9.84 Å². The molecule has 0 aromatic rings. The van der Waals surface area contributed by atoms with Gasteiger partial charge in [0.05, 0.1) is 24.7 Å². The molecule has 1 saturated heterocycles. The van der Waals surface area contributed by atoms with Crippen LogP contribution < -0.4 is 0 Å². The first-order valence-corrected chi connectivity index (χ1v) is 4.78. The lowest BCUT2D eigenvalue weighted by molar-refractivity contribution is 0.0786. The molecular weight excluding hydrogens is 156 g/mol. The average Bonchev–Trinajstić information content (AvgIpc) is 1.82. The molecule has 1 rings (SSSR count). The second-order valence-electron chi connectivity index (χ2n) is 2.85. The molecular formula is C5H10O4S. The van der Waals surface area contributed by atoms with Gasteiger partial charge in [-0.15, -0.1) is 0 Å². The molecule has 60 valence electrons. The third-order valence-electron chi connectivity index (χ3n) is 1.72. The summed E-state index contributed by atoms with van der Waals surface area (Å²) in [5.74, 6) is -0.153. The molecule has 0 spiro atoms. The number of aliphatic hydroxyl groups is 2. The molecule has 1 fully saturated rings. The third kappa shape index (κ3) is 1.16. The van der Waals surface area contributed by atoms with Gasteiger partial charge in [0.1, 0.15) is 0 Å². The van der Waals surface area contributed by atoms with Crippen LogP contribution >= 0.6 is 0 Å². The van der Waals surface area contributed by atoms with Crippen LogP contribution in [0.3, 0.4) is 0 Å². The summed E-state index contributed by atoms with van der Waals surface area (Å²) in [5, 5.41) is 17.3. The molecule has 0 atom stereocenters. The molecule has 4 nitrogen and oxygen atoms in total. The molecule has 0 saturated carbocycles. The lowest BCUT2D eigenvalue weighted by Gasteiger charge is -2.37. The summed E-state index contributed by atoms with van der Waals surface area (Å²) in [5.41, 5.74) is -0.737. The second kappa shape index (κ2) is 2.18. The molecule has 0 amide bonds. The molecule has 1 aliphatic heterocycles. The maximum atomic E-state index is 10.6. The fraction of sp³-hybridized carbons (Fsp3) is 1.00. The SMILES string of the molecule is O=S1(=O)CC(CO)(CO)C1. The first kappa shape index (κ1) is 7.97. The Labute approximate surface area is 59.4 Å². The van der Waals surface area contributed by atoms with Gasteiger partial charge in [-0.2, -0.15) is 0 Å². The van der Waals surface area contributed by atoms with E-state index in [0.29, 0.717) is 0 Å². The Hall–Kier alpha value is -0.130. The molecule has 0 aromatic heterocycles. The summed E-state index contributed by atoms with van der Waals surface area (Å²) in [4.78, 5) is 0. The first-order chi connectivity index (χ1) is 4.54. The molecule has 1 aliphatic rings. The maximum Gasteiger partial charge on any atom is 0.151 e. The zero-order chi connectivity index (χ0) is 7.83. The van der Waals surface area contributed by atoms with Gasteiger partial charge < -0.3 is 10.2 Å². The van der Waals surface area contributed by atoms with Crippen molar-refractivity contribution in [1.82, 2.24) is 0 Å². The lowest BCUT2D eigenvalue weighted by atomic mass is 9.95. The molecule has 0 aliphatic carbocycles. The van der Waals surface area contributed by atoms with Gasteiger partial charge in [0.2, 0.25) is 0 Å². The van der Waals surface area contributed by atoms with Gasteiger partial charge in [-0.1, -0.05) is 0 Å². The van der Waals surface area contributed by atoms with E-state index < -0.39 is 15.3 Å². The van der Waals surface area contributed by atoms with E-state index in [4.69, 9.17) is 10.2 Å². The monoisotopic (exact) mass is 166 g/mol. The van der Waals surface area contributed by atoms with Gasteiger partial charge >= 0.3 is 0 Å². The summed E-state index contributed by atoms with van der Waals surface area (Å²) in [6, 6.07) is 0. The maximum absolute atomic E-state index is 10.6. The molecule has 0 bridgehead atoms. The van der Waals surface area contributed by atoms with Crippen LogP contribution in [0.2, 0.25) is 0 Å². The fourth-order valence-electron chi connectivity index (χ4n) is 1.12. The van der Waals surface area contributed by atoms with E-state index in [2.05, 4.69) is 0 Å². The van der Waals surface area contributed by atoms with Crippen LogP contribution in [0.15, 0.2) is 0 Å². The standard InChI is InChI=1S/C5H10O4S/c6-1-5(2-7)3-10(8,9)4-5/h6-7H,1-4H2. The van der Waals surface area contributed by atoms with Gasteiger partial charge in [-0.05, 0) is 0 Å². The number of rotatable bonds is 2. The van der Waals surface area contributed by atoms with Crippen molar-refractivity contribution >= 4 is 9.84 Å². The molecule has 0 unspecified atom stereocenters. The van der Waals surface area contributed by atoms with E-state index in [9.17, 15) is 8.42 Å². The summed E-state index contributed by atoms with van der Waals surface area (Å²) in [6.07, 6.45) is 0. The lowest BCUT2D eigenvalue weighted by Crippen LogP contribution is -2.53. The van der Waals surface area contributed by atoms with E-state index in [0.717, 1.165) is 0 Å². The van der Waals surface area contributed by atoms with E-state index in [1.165, 1.54) is 0 Å². The number of hydrogen-bond acceptors (Lipinski definition) is 4. The third-order valence-corrected chi connectivity index (χ3v) is 3.83. The Kier molecular flexibility index (Phi) is 1.74. The highest BCUT2D eigenvalue weighted by molar-refractivity contribution is 7.92. The Morgan fingerprint density at radius 2 is 1.60 bits per heavy atom. The van der Waals surface area contributed by atoms with Crippen molar-refractivity contribution in [2.75, 3.05) is 24.7 Å². The highest BCUT2D eigenvalue weighted by Crippen LogP contribution is 2.31. The van der Waals surface area contributed by atoms with Crippen molar-refractivity contribution in [2.24, 2.45) is 5.41 Å². The van der Waals surface area contributed by atoms with Crippen LogP contribution in [0.1, 0.15) is 0 Å². The summed E-state index contributed by atoms with van der Waals surface area (Å²) >= 11 is 0. The van der Waals surface area contributed by atoms with Crippen LogP contribution in [0, 0.1) is 5.41 Å². The molecule has 2 N–H and O–H groups in total. The van der Waals surface area contributed by atoms with E-state index in [1.807, 2.05) is 0 Å². The minimum absolute atomic E-state index is 0.0764. The van der Waals surface area contributed by atoms with Crippen molar-refractivity contribution in [3.8, 4) is 0 Å². The number of hydrogen-bond donors (Lipinski definition) is 2. The normalized spacial score (nSPS) is 27.4. The Morgan fingerprint density at radius 3 is 1.70 bits per heavy atom. The average molecular weight is 166 g/mol. The zero-order valence-electron chi connectivity index (χ0n) is 5.45. The van der Waals surface area contributed by atoms with Gasteiger partial charge in [-0.3, -0.25) is 0 Å². The topological polar surface area (TPSA) is 74.6 Å². The van der Waals surface area contributed by atoms with E-state index in [-0.39, 0.29) is 24.7 Å². The number of aliphatic hydroxyl groups excluding tert-OH is 2. The fourth-order valence-corrected chi connectivity index (χ4v) is 3.27. The number of sulfone groups is 1. The minimum atomic E-state index is -2.93. The Morgan fingerprint density at radius 1 is 1.20 bits per heavy atom. The zero-order valence-corrected chi connectivity index (χ0v) is 6.26. The van der Waals surface area contributed by atoms with Crippen molar-refractivity contribution in [1.29, 1.82) is 0 Å². The van der Waals surface area contributed by atoms with E-state index >= 15 is 0 Å². The molecule has 5 heteroatoms. The molecule has 0 aromatic carbocycles. The van der Waals surface area contributed by atoms with Gasteiger partial charge in [0, 0.05) is 5.41 Å². The van der Waals surface area contributed by atoms with Crippen LogP contribution in [0.4, 0.5) is 0 Å². The minimum Gasteiger partial charge on any atom is -0.396 e. The molecule has 0 radical (unpaired) electrons. The smallest absolute Gasteiger partial charge is 0.151 e. The summed E-state index contributed by atoms with van der Waals surface area (Å²) < 4.78 is 21.2.